The Morgan fingerprint density at radius 1 is 1.75 bits per heavy atom. The fourth-order valence-corrected chi connectivity index (χ4v) is 0. The minimum atomic E-state index is 0. The summed E-state index contributed by atoms with van der Waals surface area (Å²) in [4.78, 5) is 0. The molecule has 0 aromatic carbocycles. The van der Waals surface area contributed by atoms with Gasteiger partial charge >= 0.3 is 60.7 Å². The van der Waals surface area contributed by atoms with Gasteiger partial charge in [0.1, 0.15) is 0 Å². The molecule has 18 valence electrons. The maximum atomic E-state index is 8.81. The van der Waals surface area contributed by atoms with Crippen molar-refractivity contribution in [2.45, 2.75) is 0 Å². The fourth-order valence-electron chi connectivity index (χ4n) is 0. The van der Waals surface area contributed by atoms with Crippen LogP contribution in [0.5, 0.6) is 0 Å². The zero-order chi connectivity index (χ0) is 2.71. The fraction of sp³-hybridized carbons (Fsp3) is 0. The molecule has 0 saturated carbocycles. The molecule has 0 radical (unpaired) electrons. The molecule has 0 atom stereocenters. The molecule has 0 fully saturated rings. The molecular weight excluding hydrogens is 179 g/mol. The summed E-state index contributed by atoms with van der Waals surface area (Å²) in [5.41, 5.74) is 0. The molecule has 0 aromatic heterocycles. The Balaban J connectivity index is 0. The molecule has 1 nitrogen and oxygen atoms in total. The van der Waals surface area contributed by atoms with E-state index >= 15 is 0 Å². The van der Waals surface area contributed by atoms with Crippen molar-refractivity contribution in [3.63, 3.8) is 0 Å². The predicted molar refractivity (Wildman–Crippen MR) is 11.8 cm³/mol. The first kappa shape index (κ1) is 9.07. The van der Waals surface area contributed by atoms with Gasteiger partial charge in [-0.1, -0.05) is 0 Å². The SMILES string of the molecule is [Na+].[O-]C=[Te]. The van der Waals surface area contributed by atoms with Gasteiger partial charge in [-0.05, 0) is 0 Å². The van der Waals surface area contributed by atoms with Gasteiger partial charge < -0.3 is 0 Å². The van der Waals surface area contributed by atoms with Crippen LogP contribution in [0.4, 0.5) is 0 Å². The standard InChI is InChI=1S/CH2OTe.Na/c2-1-3;/h1H,(H,2,3);/q;+1/p-1. The third-order valence-electron chi connectivity index (χ3n) is 0. The molecule has 4 heavy (non-hydrogen) atoms. The Morgan fingerprint density at radius 3 is 1.75 bits per heavy atom. The van der Waals surface area contributed by atoms with E-state index in [1.807, 2.05) is 0 Å². The predicted octanol–water partition coefficient (Wildman–Crippen LogP) is -4.72. The van der Waals surface area contributed by atoms with Gasteiger partial charge in [-0.2, -0.15) is 0 Å². The molecule has 0 unspecified atom stereocenters. The van der Waals surface area contributed by atoms with Crippen molar-refractivity contribution in [3.8, 4) is 0 Å². The van der Waals surface area contributed by atoms with Gasteiger partial charge in [-0.25, -0.2) is 0 Å². The van der Waals surface area contributed by atoms with E-state index in [1.54, 1.807) is 0 Å². The van der Waals surface area contributed by atoms with Crippen LogP contribution in [-0.2, 0) is 0 Å². The van der Waals surface area contributed by atoms with Gasteiger partial charge in [-0.3, -0.25) is 0 Å². The van der Waals surface area contributed by atoms with Gasteiger partial charge in [-0.15, -0.1) is 0 Å². The molecule has 0 aromatic rings. The first-order chi connectivity index (χ1) is 1.41. The molecule has 0 bridgehead atoms. The van der Waals surface area contributed by atoms with Crippen LogP contribution in [0.1, 0.15) is 0 Å². The van der Waals surface area contributed by atoms with Crippen LogP contribution in [0.25, 0.3) is 0 Å². The van der Waals surface area contributed by atoms with Gasteiger partial charge in [0.25, 0.3) is 0 Å². The maximum absolute atomic E-state index is 8.81. The molecule has 0 aliphatic heterocycles. The third-order valence-corrected chi connectivity index (χ3v) is 0. The molecular formula is CHNaOTe. The van der Waals surface area contributed by atoms with Crippen LogP contribution in [0.3, 0.4) is 0 Å². The molecule has 0 aliphatic carbocycles. The van der Waals surface area contributed by atoms with E-state index in [0.717, 1.165) is 4.24 Å². The summed E-state index contributed by atoms with van der Waals surface area (Å²) in [7, 11) is 0. The average Bonchev–Trinajstić information content (AvgIpc) is 0.918. The Hall–Kier alpha value is 1.46. The molecule has 3 heteroatoms. The Labute approximate surface area is 60.1 Å². The van der Waals surface area contributed by atoms with Crippen LogP contribution < -0.4 is 34.7 Å². The van der Waals surface area contributed by atoms with Crippen LogP contribution in [0.15, 0.2) is 0 Å². The van der Waals surface area contributed by atoms with Crippen LogP contribution in [0, 0.1) is 0 Å². The van der Waals surface area contributed by atoms with E-state index < -0.39 is 0 Å². The van der Waals surface area contributed by atoms with Gasteiger partial charge in [0, 0.05) is 0 Å². The van der Waals surface area contributed by atoms with Crippen molar-refractivity contribution in [2.75, 3.05) is 0 Å². The second-order valence-electron chi connectivity index (χ2n) is 0.0962. The average molecular weight is 180 g/mol. The molecule has 0 amide bonds. The Bertz CT molecular complexity index is 15.5. The minimum absolute atomic E-state index is 0. The van der Waals surface area contributed by atoms with Gasteiger partial charge in [0.05, 0.1) is 0 Å². The summed E-state index contributed by atoms with van der Waals surface area (Å²) < 4.78 is 0.760. The first-order valence-electron chi connectivity index (χ1n) is 0.471. The van der Waals surface area contributed by atoms with E-state index in [0.29, 0.717) is 0 Å². The molecule has 0 saturated heterocycles. The number of hydrogen-bond donors (Lipinski definition) is 0. The molecule has 0 heterocycles. The number of rotatable bonds is 0. The van der Waals surface area contributed by atoms with Gasteiger partial charge in [0.15, 0.2) is 0 Å². The molecule has 0 spiro atoms. The Morgan fingerprint density at radius 2 is 1.75 bits per heavy atom. The van der Waals surface area contributed by atoms with E-state index in [-0.39, 0.29) is 29.6 Å². The zero-order valence-corrected chi connectivity index (χ0v) is 6.72. The summed E-state index contributed by atoms with van der Waals surface area (Å²) in [6.45, 7) is 0. The van der Waals surface area contributed by atoms with Crippen molar-refractivity contribution < 1.29 is 34.7 Å². The van der Waals surface area contributed by atoms with Crippen molar-refractivity contribution in [1.82, 2.24) is 0 Å². The van der Waals surface area contributed by atoms with Crippen LogP contribution in [-0.4, -0.2) is 26.1 Å². The van der Waals surface area contributed by atoms with E-state index in [9.17, 15) is 0 Å². The van der Waals surface area contributed by atoms with Crippen molar-refractivity contribution in [3.05, 3.63) is 0 Å². The normalized spacial score (nSPS) is 3.00. The molecule has 0 N–H and O–H groups in total. The van der Waals surface area contributed by atoms with E-state index in [4.69, 9.17) is 5.11 Å². The first-order valence-corrected chi connectivity index (χ1v) is 1.82. The van der Waals surface area contributed by atoms with E-state index in [2.05, 4.69) is 0 Å². The van der Waals surface area contributed by atoms with Crippen LogP contribution >= 0.6 is 0 Å². The summed E-state index contributed by atoms with van der Waals surface area (Å²) in [5, 5.41) is 8.81. The Kier molecular flexibility index (Phi) is 20.0. The second kappa shape index (κ2) is 8.82. The summed E-state index contributed by atoms with van der Waals surface area (Å²) in [6, 6.07) is 0. The van der Waals surface area contributed by atoms with Crippen molar-refractivity contribution in [1.29, 1.82) is 0 Å². The molecule has 0 rings (SSSR count). The summed E-state index contributed by atoms with van der Waals surface area (Å²) in [6.07, 6.45) is 0. The second-order valence-corrected chi connectivity index (χ2v) is 0.645. The van der Waals surface area contributed by atoms with Gasteiger partial charge in [0.2, 0.25) is 0 Å². The quantitative estimate of drug-likeness (QED) is 0.343. The summed E-state index contributed by atoms with van der Waals surface area (Å²) >= 11 is 1.39. The monoisotopic (exact) mass is 182 g/mol. The summed E-state index contributed by atoms with van der Waals surface area (Å²) in [5.74, 6) is 0. The number of hydrogen-bond acceptors (Lipinski definition) is 1. The van der Waals surface area contributed by atoms with Crippen LogP contribution in [0.2, 0.25) is 0 Å². The van der Waals surface area contributed by atoms with E-state index in [1.165, 1.54) is 21.8 Å². The molecule has 0 aliphatic rings. The van der Waals surface area contributed by atoms with Crippen molar-refractivity contribution in [2.24, 2.45) is 0 Å². The topological polar surface area (TPSA) is 23.1 Å². The third kappa shape index (κ3) is 9.82. The zero-order valence-electron chi connectivity index (χ0n) is 2.39. The van der Waals surface area contributed by atoms with Crippen molar-refractivity contribution >= 4 is 26.1 Å².